The molecule has 8 heteroatoms. The lowest BCUT2D eigenvalue weighted by Gasteiger charge is -2.20. The molecule has 0 unspecified atom stereocenters. The Balaban J connectivity index is 2.82. The molecule has 7 nitrogen and oxygen atoms in total. The first kappa shape index (κ1) is 14.4. The summed E-state index contributed by atoms with van der Waals surface area (Å²) in [5.41, 5.74) is -0.631. The molecule has 0 radical (unpaired) electrons. The summed E-state index contributed by atoms with van der Waals surface area (Å²) in [6.07, 6.45) is 1.08. The monoisotopic (exact) mass is 273 g/mol. The van der Waals surface area contributed by atoms with Gasteiger partial charge in [0.05, 0.1) is 5.56 Å². The number of rotatable bonds is 4. The van der Waals surface area contributed by atoms with Crippen LogP contribution < -0.4 is 9.44 Å². The van der Waals surface area contributed by atoms with Gasteiger partial charge in [0.15, 0.2) is 0 Å². The van der Waals surface area contributed by atoms with Crippen LogP contribution in [0.2, 0.25) is 0 Å². The molecule has 0 aromatic carbocycles. The maximum absolute atomic E-state index is 11.7. The maximum Gasteiger partial charge on any atom is 0.337 e. The summed E-state index contributed by atoms with van der Waals surface area (Å²) in [4.78, 5) is 14.3. The van der Waals surface area contributed by atoms with E-state index >= 15 is 0 Å². The third-order valence-corrected chi connectivity index (χ3v) is 3.05. The second kappa shape index (κ2) is 4.91. The minimum absolute atomic E-state index is 0.0123. The number of pyridine rings is 1. The zero-order valence-corrected chi connectivity index (χ0v) is 11.1. The molecule has 1 rings (SSSR count). The lowest BCUT2D eigenvalue weighted by Crippen LogP contribution is -2.43. The van der Waals surface area contributed by atoms with E-state index in [0.29, 0.717) is 0 Å². The van der Waals surface area contributed by atoms with Crippen molar-refractivity contribution in [1.82, 2.24) is 9.71 Å². The molecule has 0 spiro atoms. The van der Waals surface area contributed by atoms with E-state index in [1.54, 1.807) is 20.8 Å². The van der Waals surface area contributed by atoms with E-state index in [9.17, 15) is 13.2 Å². The number of carbonyl (C=O) groups is 1. The van der Waals surface area contributed by atoms with E-state index in [4.69, 9.17) is 5.11 Å². The Morgan fingerprint density at radius 2 is 1.94 bits per heavy atom. The van der Waals surface area contributed by atoms with E-state index < -0.39 is 21.7 Å². The largest absolute Gasteiger partial charge is 0.478 e. The van der Waals surface area contributed by atoms with Gasteiger partial charge in [-0.05, 0) is 32.9 Å². The van der Waals surface area contributed by atoms with Crippen molar-refractivity contribution in [2.45, 2.75) is 26.3 Å². The van der Waals surface area contributed by atoms with Crippen LogP contribution in [0.25, 0.3) is 0 Å². The number of nitrogens with zero attached hydrogens (tertiary/aromatic N) is 1. The standard InChI is InChI=1S/C10H15N3O4S/c1-10(2,3)13-18(16,17)12-8-5-4-7(6-11-8)9(14)15/h4-6,13H,1-3H3,(H,11,12)(H,14,15). The van der Waals surface area contributed by atoms with E-state index in [1.165, 1.54) is 12.1 Å². The third-order valence-electron chi connectivity index (χ3n) is 1.69. The van der Waals surface area contributed by atoms with Crippen molar-refractivity contribution in [2.75, 3.05) is 4.72 Å². The van der Waals surface area contributed by atoms with Gasteiger partial charge in [0.1, 0.15) is 5.82 Å². The first-order valence-electron chi connectivity index (χ1n) is 5.10. The van der Waals surface area contributed by atoms with Crippen molar-refractivity contribution >= 4 is 22.0 Å². The van der Waals surface area contributed by atoms with Crippen LogP contribution in [0.5, 0.6) is 0 Å². The van der Waals surface area contributed by atoms with Gasteiger partial charge < -0.3 is 5.11 Å². The highest BCUT2D eigenvalue weighted by Crippen LogP contribution is 2.08. The average molecular weight is 273 g/mol. The molecule has 18 heavy (non-hydrogen) atoms. The smallest absolute Gasteiger partial charge is 0.337 e. The van der Waals surface area contributed by atoms with Gasteiger partial charge in [-0.2, -0.15) is 13.1 Å². The highest BCUT2D eigenvalue weighted by molar-refractivity contribution is 7.90. The highest BCUT2D eigenvalue weighted by atomic mass is 32.2. The summed E-state index contributed by atoms with van der Waals surface area (Å²) in [6, 6.07) is 2.55. The molecule has 3 N–H and O–H groups in total. The van der Waals surface area contributed by atoms with Crippen LogP contribution in [0.4, 0.5) is 5.82 Å². The highest BCUT2D eigenvalue weighted by Gasteiger charge is 2.20. The fourth-order valence-electron chi connectivity index (χ4n) is 1.15. The van der Waals surface area contributed by atoms with Crippen molar-refractivity contribution in [3.63, 3.8) is 0 Å². The predicted octanol–water partition coefficient (Wildman–Crippen LogP) is 0.825. The fraction of sp³-hybridized carbons (Fsp3) is 0.400. The zero-order valence-electron chi connectivity index (χ0n) is 10.3. The Hall–Kier alpha value is -1.67. The lowest BCUT2D eigenvalue weighted by molar-refractivity contribution is 0.0696. The number of aromatic nitrogens is 1. The van der Waals surface area contributed by atoms with Gasteiger partial charge in [-0.15, -0.1) is 0 Å². The molecule has 0 saturated carbocycles. The van der Waals surface area contributed by atoms with E-state index in [-0.39, 0.29) is 11.4 Å². The maximum atomic E-state index is 11.7. The molecule has 0 aliphatic rings. The van der Waals surface area contributed by atoms with Crippen LogP contribution in [0.1, 0.15) is 31.1 Å². The summed E-state index contributed by atoms with van der Waals surface area (Å²) in [5, 5.41) is 8.67. The molecule has 1 aromatic heterocycles. The fourth-order valence-corrected chi connectivity index (χ4v) is 2.40. The van der Waals surface area contributed by atoms with E-state index in [0.717, 1.165) is 6.20 Å². The number of carboxylic acid groups (broad SMARTS) is 1. The van der Waals surface area contributed by atoms with Crippen molar-refractivity contribution in [2.24, 2.45) is 0 Å². The quantitative estimate of drug-likeness (QED) is 0.752. The topological polar surface area (TPSA) is 108 Å². The van der Waals surface area contributed by atoms with Crippen molar-refractivity contribution in [3.05, 3.63) is 23.9 Å². The molecule has 100 valence electrons. The van der Waals surface area contributed by atoms with Crippen LogP contribution >= 0.6 is 0 Å². The predicted molar refractivity (Wildman–Crippen MR) is 66.6 cm³/mol. The zero-order chi connectivity index (χ0) is 14.0. The van der Waals surface area contributed by atoms with Gasteiger partial charge in [0.2, 0.25) is 0 Å². The van der Waals surface area contributed by atoms with Crippen LogP contribution in [0.15, 0.2) is 18.3 Å². The van der Waals surface area contributed by atoms with Gasteiger partial charge in [0.25, 0.3) is 0 Å². The molecule has 0 atom stereocenters. The minimum Gasteiger partial charge on any atom is -0.478 e. The number of carboxylic acids is 1. The normalized spacial score (nSPS) is 12.2. The molecular formula is C10H15N3O4S. The number of nitrogens with one attached hydrogen (secondary N) is 2. The van der Waals surface area contributed by atoms with E-state index in [1.807, 2.05) is 0 Å². The Kier molecular flexibility index (Phi) is 3.92. The van der Waals surface area contributed by atoms with E-state index in [2.05, 4.69) is 14.4 Å². The minimum atomic E-state index is -3.74. The average Bonchev–Trinajstić information content (AvgIpc) is 2.13. The van der Waals surface area contributed by atoms with Gasteiger partial charge in [-0.1, -0.05) is 0 Å². The summed E-state index contributed by atoms with van der Waals surface area (Å²) >= 11 is 0. The van der Waals surface area contributed by atoms with Gasteiger partial charge >= 0.3 is 16.2 Å². The molecule has 0 fully saturated rings. The Bertz CT molecular complexity index is 531. The molecule has 0 bridgehead atoms. The Morgan fingerprint density at radius 1 is 1.33 bits per heavy atom. The number of anilines is 1. The molecule has 0 aliphatic heterocycles. The first-order valence-corrected chi connectivity index (χ1v) is 6.58. The van der Waals surface area contributed by atoms with Crippen LogP contribution in [-0.4, -0.2) is 30.0 Å². The number of hydrogen-bond acceptors (Lipinski definition) is 4. The molecule has 0 amide bonds. The summed E-state index contributed by atoms with van der Waals surface area (Å²) < 4.78 is 27.9. The van der Waals surface area contributed by atoms with Gasteiger partial charge in [-0.25, -0.2) is 9.78 Å². The molecule has 1 heterocycles. The van der Waals surface area contributed by atoms with Crippen LogP contribution in [0, 0.1) is 0 Å². The molecule has 1 aromatic rings. The van der Waals surface area contributed by atoms with Crippen molar-refractivity contribution in [3.8, 4) is 0 Å². The second-order valence-corrected chi connectivity index (χ2v) is 6.11. The SMILES string of the molecule is CC(C)(C)NS(=O)(=O)Nc1ccc(C(=O)O)cn1. The molecular weight excluding hydrogens is 258 g/mol. The first-order chi connectivity index (χ1) is 8.09. The van der Waals surface area contributed by atoms with Crippen molar-refractivity contribution < 1.29 is 18.3 Å². The second-order valence-electron chi connectivity index (χ2n) is 4.69. The lowest BCUT2D eigenvalue weighted by atomic mass is 10.1. The third kappa shape index (κ3) is 4.68. The van der Waals surface area contributed by atoms with Crippen molar-refractivity contribution in [1.29, 1.82) is 0 Å². The number of aromatic carboxylic acids is 1. The number of hydrogen-bond donors (Lipinski definition) is 3. The van der Waals surface area contributed by atoms with Crippen LogP contribution in [0.3, 0.4) is 0 Å². The molecule has 0 aliphatic carbocycles. The summed E-state index contributed by atoms with van der Waals surface area (Å²) in [6.45, 7) is 5.10. The molecule has 0 saturated heterocycles. The summed E-state index contributed by atoms with van der Waals surface area (Å²) in [5.74, 6) is -1.07. The summed E-state index contributed by atoms with van der Waals surface area (Å²) in [7, 11) is -3.74. The van der Waals surface area contributed by atoms with Crippen LogP contribution in [-0.2, 0) is 10.2 Å². The Morgan fingerprint density at radius 3 is 2.33 bits per heavy atom. The van der Waals surface area contributed by atoms with Gasteiger partial charge in [0, 0.05) is 11.7 Å². The Labute approximate surface area is 105 Å². The van der Waals surface area contributed by atoms with Gasteiger partial charge in [-0.3, -0.25) is 4.72 Å².